The van der Waals surface area contributed by atoms with Crippen LogP contribution in [0.5, 0.6) is 0 Å². The number of nitrogens with one attached hydrogen (secondary N) is 1. The van der Waals surface area contributed by atoms with E-state index in [1.54, 1.807) is 24.0 Å². The number of hydrogen-bond acceptors (Lipinski definition) is 3. The van der Waals surface area contributed by atoms with Crippen LogP contribution in [0.2, 0.25) is 0 Å². The maximum absolute atomic E-state index is 11.4. The van der Waals surface area contributed by atoms with Crippen LogP contribution in [0.4, 0.5) is 0 Å². The molecule has 1 aromatic rings. The molecular formula is C9H15N3O. The predicted octanol–water partition coefficient (Wildman–Crippen LogP) is 0.601. The minimum atomic E-state index is 0.0364. The lowest BCUT2D eigenvalue weighted by Crippen LogP contribution is -2.29. The lowest BCUT2D eigenvalue weighted by atomic mass is 10.2. The first kappa shape index (κ1) is 9.92. The average molecular weight is 181 g/mol. The quantitative estimate of drug-likeness (QED) is 0.692. The van der Waals surface area contributed by atoms with Gasteiger partial charge in [-0.05, 0) is 6.07 Å². The Morgan fingerprint density at radius 3 is 2.85 bits per heavy atom. The van der Waals surface area contributed by atoms with Crippen molar-refractivity contribution in [3.63, 3.8) is 0 Å². The number of carbonyl (C=O) groups excluding carboxylic acids is 1. The lowest BCUT2D eigenvalue weighted by molar-refractivity contribution is 0.0983. The summed E-state index contributed by atoms with van der Waals surface area (Å²) in [6.45, 7) is 4.37. The minimum Gasteiger partial charge on any atom is -0.307 e. The lowest BCUT2D eigenvalue weighted by Gasteiger charge is -2.04. The summed E-state index contributed by atoms with van der Waals surface area (Å²) in [6.07, 6.45) is 1.77. The molecule has 72 valence electrons. The molecule has 0 aliphatic rings. The Morgan fingerprint density at radius 2 is 2.38 bits per heavy atom. The SMILES string of the molecule is CC(C)NCC(=O)c1ccn(C)n1. The topological polar surface area (TPSA) is 46.9 Å². The second-order valence-electron chi connectivity index (χ2n) is 3.33. The number of aryl methyl sites for hydroxylation is 1. The van der Waals surface area contributed by atoms with Crippen LogP contribution in [0, 0.1) is 0 Å². The molecule has 0 bridgehead atoms. The molecule has 1 aromatic heterocycles. The van der Waals surface area contributed by atoms with E-state index in [2.05, 4.69) is 10.4 Å². The van der Waals surface area contributed by atoms with Gasteiger partial charge in [0, 0.05) is 19.3 Å². The highest BCUT2D eigenvalue weighted by molar-refractivity contribution is 5.95. The Balaban J connectivity index is 2.49. The van der Waals surface area contributed by atoms with E-state index in [1.807, 2.05) is 13.8 Å². The van der Waals surface area contributed by atoms with Gasteiger partial charge in [-0.25, -0.2) is 0 Å². The van der Waals surface area contributed by atoms with Crippen LogP contribution in [0.15, 0.2) is 12.3 Å². The van der Waals surface area contributed by atoms with E-state index in [0.29, 0.717) is 18.3 Å². The highest BCUT2D eigenvalue weighted by Crippen LogP contribution is 1.94. The summed E-state index contributed by atoms with van der Waals surface area (Å²) in [4.78, 5) is 11.4. The third kappa shape index (κ3) is 2.99. The molecule has 1 rings (SSSR count). The van der Waals surface area contributed by atoms with Gasteiger partial charge in [0.15, 0.2) is 5.78 Å². The monoisotopic (exact) mass is 181 g/mol. The van der Waals surface area contributed by atoms with Crippen molar-refractivity contribution in [1.29, 1.82) is 0 Å². The van der Waals surface area contributed by atoms with E-state index < -0.39 is 0 Å². The van der Waals surface area contributed by atoms with E-state index >= 15 is 0 Å². The summed E-state index contributed by atoms with van der Waals surface area (Å²) >= 11 is 0. The number of hydrogen-bond donors (Lipinski definition) is 1. The highest BCUT2D eigenvalue weighted by Gasteiger charge is 2.08. The zero-order valence-corrected chi connectivity index (χ0v) is 8.24. The minimum absolute atomic E-state index is 0.0364. The van der Waals surface area contributed by atoms with Gasteiger partial charge in [-0.1, -0.05) is 13.8 Å². The first-order chi connectivity index (χ1) is 6.09. The molecule has 0 spiro atoms. The molecule has 0 aromatic carbocycles. The van der Waals surface area contributed by atoms with E-state index in [4.69, 9.17) is 0 Å². The van der Waals surface area contributed by atoms with Gasteiger partial charge >= 0.3 is 0 Å². The Labute approximate surface area is 77.9 Å². The number of nitrogens with zero attached hydrogens (tertiary/aromatic N) is 2. The Morgan fingerprint density at radius 1 is 1.69 bits per heavy atom. The normalized spacial score (nSPS) is 10.8. The van der Waals surface area contributed by atoms with Crippen LogP contribution in [-0.2, 0) is 7.05 Å². The van der Waals surface area contributed by atoms with Crippen molar-refractivity contribution < 1.29 is 4.79 Å². The third-order valence-electron chi connectivity index (χ3n) is 1.67. The van der Waals surface area contributed by atoms with Crippen LogP contribution in [-0.4, -0.2) is 28.2 Å². The number of aromatic nitrogens is 2. The standard InChI is InChI=1S/C9H15N3O/c1-7(2)10-6-9(13)8-4-5-12(3)11-8/h4-5,7,10H,6H2,1-3H3. The van der Waals surface area contributed by atoms with Crippen LogP contribution in [0.25, 0.3) is 0 Å². The van der Waals surface area contributed by atoms with Crippen LogP contribution >= 0.6 is 0 Å². The van der Waals surface area contributed by atoms with E-state index in [-0.39, 0.29) is 5.78 Å². The second-order valence-corrected chi connectivity index (χ2v) is 3.33. The molecule has 0 fully saturated rings. The predicted molar refractivity (Wildman–Crippen MR) is 50.7 cm³/mol. The van der Waals surface area contributed by atoms with Crippen molar-refractivity contribution in [2.45, 2.75) is 19.9 Å². The molecule has 0 radical (unpaired) electrons. The summed E-state index contributed by atoms with van der Waals surface area (Å²) in [7, 11) is 1.80. The van der Waals surface area contributed by atoms with Gasteiger partial charge in [-0.15, -0.1) is 0 Å². The Bertz CT molecular complexity index is 291. The van der Waals surface area contributed by atoms with Gasteiger partial charge in [-0.3, -0.25) is 9.48 Å². The average Bonchev–Trinajstić information content (AvgIpc) is 2.47. The fourth-order valence-electron chi connectivity index (χ4n) is 0.951. The first-order valence-corrected chi connectivity index (χ1v) is 4.36. The van der Waals surface area contributed by atoms with E-state index in [1.165, 1.54) is 0 Å². The molecule has 4 heteroatoms. The third-order valence-corrected chi connectivity index (χ3v) is 1.67. The summed E-state index contributed by atoms with van der Waals surface area (Å²) in [6, 6.07) is 2.05. The maximum atomic E-state index is 11.4. The first-order valence-electron chi connectivity index (χ1n) is 4.36. The number of Topliss-reactive ketones (excluding diaryl/α,β-unsaturated/α-hetero) is 1. The molecule has 0 saturated carbocycles. The van der Waals surface area contributed by atoms with Crippen LogP contribution in [0.3, 0.4) is 0 Å². The molecule has 0 saturated heterocycles. The molecule has 1 N–H and O–H groups in total. The smallest absolute Gasteiger partial charge is 0.196 e. The molecule has 0 atom stereocenters. The van der Waals surface area contributed by atoms with Crippen molar-refractivity contribution in [2.24, 2.45) is 7.05 Å². The van der Waals surface area contributed by atoms with Gasteiger partial charge in [0.2, 0.25) is 0 Å². The van der Waals surface area contributed by atoms with Crippen molar-refractivity contribution in [3.8, 4) is 0 Å². The largest absolute Gasteiger partial charge is 0.307 e. The summed E-state index contributed by atoms with van der Waals surface area (Å²) in [5.41, 5.74) is 0.524. The van der Waals surface area contributed by atoms with E-state index in [9.17, 15) is 4.79 Å². The van der Waals surface area contributed by atoms with Gasteiger partial charge < -0.3 is 5.32 Å². The fourth-order valence-corrected chi connectivity index (χ4v) is 0.951. The van der Waals surface area contributed by atoms with Gasteiger partial charge in [0.25, 0.3) is 0 Å². The summed E-state index contributed by atoms with van der Waals surface area (Å²) in [5.74, 6) is 0.0364. The van der Waals surface area contributed by atoms with Crippen molar-refractivity contribution in [2.75, 3.05) is 6.54 Å². The molecule has 0 amide bonds. The van der Waals surface area contributed by atoms with E-state index in [0.717, 1.165) is 0 Å². The molecule has 0 aliphatic carbocycles. The van der Waals surface area contributed by atoms with Crippen LogP contribution in [0.1, 0.15) is 24.3 Å². The van der Waals surface area contributed by atoms with Crippen molar-refractivity contribution >= 4 is 5.78 Å². The molecule has 0 aliphatic heterocycles. The molecule has 1 heterocycles. The van der Waals surface area contributed by atoms with Crippen LogP contribution < -0.4 is 5.32 Å². The van der Waals surface area contributed by atoms with Crippen molar-refractivity contribution in [3.05, 3.63) is 18.0 Å². The summed E-state index contributed by atoms with van der Waals surface area (Å²) in [5, 5.41) is 7.07. The fraction of sp³-hybridized carbons (Fsp3) is 0.556. The zero-order valence-electron chi connectivity index (χ0n) is 8.24. The summed E-state index contributed by atoms with van der Waals surface area (Å²) < 4.78 is 1.63. The van der Waals surface area contributed by atoms with Crippen molar-refractivity contribution in [1.82, 2.24) is 15.1 Å². The zero-order chi connectivity index (χ0) is 9.84. The second kappa shape index (κ2) is 4.18. The number of ketones is 1. The highest BCUT2D eigenvalue weighted by atomic mass is 16.1. The Kier molecular flexibility index (Phi) is 3.19. The number of carbonyl (C=O) groups is 1. The molecule has 0 unspecified atom stereocenters. The maximum Gasteiger partial charge on any atom is 0.196 e. The Hall–Kier alpha value is -1.16. The molecular weight excluding hydrogens is 166 g/mol. The molecule has 13 heavy (non-hydrogen) atoms. The molecule has 4 nitrogen and oxygen atoms in total. The number of rotatable bonds is 4. The van der Waals surface area contributed by atoms with Gasteiger partial charge in [-0.2, -0.15) is 5.10 Å². The van der Waals surface area contributed by atoms with Gasteiger partial charge in [0.05, 0.1) is 6.54 Å². The van der Waals surface area contributed by atoms with Gasteiger partial charge in [0.1, 0.15) is 5.69 Å².